The summed E-state index contributed by atoms with van der Waals surface area (Å²) in [5.41, 5.74) is 3.54. The molecule has 0 spiro atoms. The molecule has 0 bridgehead atoms. The van der Waals surface area contributed by atoms with Crippen LogP contribution in [0.5, 0.6) is 0 Å². The van der Waals surface area contributed by atoms with Gasteiger partial charge in [-0.2, -0.15) is 0 Å². The van der Waals surface area contributed by atoms with E-state index in [4.69, 9.17) is 11.6 Å². The molecule has 0 aliphatic rings. The maximum atomic E-state index is 12.4. The zero-order chi connectivity index (χ0) is 18.7. The van der Waals surface area contributed by atoms with E-state index in [1.54, 1.807) is 42.6 Å². The summed E-state index contributed by atoms with van der Waals surface area (Å²) in [6.45, 7) is 3.83. The first kappa shape index (κ1) is 18.2. The van der Waals surface area contributed by atoms with Crippen LogP contribution in [-0.2, 0) is 10.0 Å². The van der Waals surface area contributed by atoms with Crippen LogP contribution in [0.2, 0.25) is 5.02 Å². The fourth-order valence-electron chi connectivity index (χ4n) is 2.28. The van der Waals surface area contributed by atoms with E-state index in [2.05, 4.69) is 15.0 Å². The van der Waals surface area contributed by atoms with E-state index in [1.165, 1.54) is 0 Å². The van der Waals surface area contributed by atoms with Crippen molar-refractivity contribution in [1.82, 2.24) is 4.98 Å². The Hall–Kier alpha value is -2.57. The molecule has 0 unspecified atom stereocenters. The molecule has 0 aliphatic heterocycles. The molecule has 3 rings (SSSR count). The van der Waals surface area contributed by atoms with Crippen LogP contribution in [0.25, 0.3) is 0 Å². The molecule has 7 heteroatoms. The third-order valence-corrected chi connectivity index (χ3v) is 5.57. The van der Waals surface area contributed by atoms with Crippen molar-refractivity contribution in [3.05, 3.63) is 76.9 Å². The molecule has 1 heterocycles. The number of hydrogen-bond donors (Lipinski definition) is 2. The molecule has 0 amide bonds. The van der Waals surface area contributed by atoms with Gasteiger partial charge in [-0.25, -0.2) is 13.4 Å². The second-order valence-corrected chi connectivity index (χ2v) is 8.03. The maximum Gasteiger partial charge on any atom is 0.263 e. The van der Waals surface area contributed by atoms with Gasteiger partial charge < -0.3 is 5.32 Å². The van der Waals surface area contributed by atoms with Crippen molar-refractivity contribution >= 4 is 38.8 Å². The molecular weight excluding hydrogens is 370 g/mol. The van der Waals surface area contributed by atoms with Crippen LogP contribution < -0.4 is 10.0 Å². The molecule has 0 atom stereocenters. The summed E-state index contributed by atoms with van der Waals surface area (Å²) >= 11 is 6.11. The van der Waals surface area contributed by atoms with Gasteiger partial charge in [-0.3, -0.25) is 4.72 Å². The number of rotatable bonds is 5. The Balaban J connectivity index is 1.73. The molecular formula is C19H18ClN3O2S. The lowest BCUT2D eigenvalue weighted by Crippen LogP contribution is -2.13. The van der Waals surface area contributed by atoms with Crippen LogP contribution in [0.1, 0.15) is 11.1 Å². The van der Waals surface area contributed by atoms with Crippen molar-refractivity contribution in [2.75, 3.05) is 10.0 Å². The average molecular weight is 388 g/mol. The van der Waals surface area contributed by atoms with Crippen molar-refractivity contribution in [2.24, 2.45) is 0 Å². The highest BCUT2D eigenvalue weighted by molar-refractivity contribution is 7.92. The van der Waals surface area contributed by atoms with E-state index in [1.807, 2.05) is 32.0 Å². The van der Waals surface area contributed by atoms with Gasteiger partial charge >= 0.3 is 0 Å². The minimum Gasteiger partial charge on any atom is -0.354 e. The monoisotopic (exact) mass is 387 g/mol. The van der Waals surface area contributed by atoms with Gasteiger partial charge in [0.15, 0.2) is 0 Å². The summed E-state index contributed by atoms with van der Waals surface area (Å²) in [5, 5.41) is 3.85. The predicted octanol–water partition coefficient (Wildman–Crippen LogP) is 4.90. The van der Waals surface area contributed by atoms with E-state index >= 15 is 0 Å². The van der Waals surface area contributed by atoms with Crippen LogP contribution in [0.15, 0.2) is 65.7 Å². The molecule has 134 valence electrons. The summed E-state index contributed by atoms with van der Waals surface area (Å²) in [5.74, 6) is 0.248. The Bertz CT molecular complexity index is 1020. The molecule has 26 heavy (non-hydrogen) atoms. The number of nitrogens with zero attached hydrogens (tertiary/aromatic N) is 1. The zero-order valence-electron chi connectivity index (χ0n) is 14.3. The second kappa shape index (κ2) is 7.35. The molecule has 2 N–H and O–H groups in total. The van der Waals surface area contributed by atoms with Gasteiger partial charge in [0.25, 0.3) is 10.0 Å². The fraction of sp³-hybridized carbons (Fsp3) is 0.105. The number of sulfonamides is 1. The minimum absolute atomic E-state index is 0.196. The lowest BCUT2D eigenvalue weighted by atomic mass is 10.2. The number of benzene rings is 2. The molecule has 0 radical (unpaired) electrons. The van der Waals surface area contributed by atoms with Gasteiger partial charge in [-0.05, 0) is 55.8 Å². The Morgan fingerprint density at radius 2 is 1.62 bits per heavy atom. The summed E-state index contributed by atoms with van der Waals surface area (Å²) in [7, 11) is -3.66. The second-order valence-electron chi connectivity index (χ2n) is 5.94. The molecule has 2 aromatic carbocycles. The van der Waals surface area contributed by atoms with E-state index in [9.17, 15) is 8.42 Å². The molecule has 3 aromatic rings. The van der Waals surface area contributed by atoms with Crippen LogP contribution in [0.3, 0.4) is 0 Å². The van der Waals surface area contributed by atoms with Gasteiger partial charge in [-0.1, -0.05) is 35.4 Å². The maximum absolute atomic E-state index is 12.4. The highest BCUT2D eigenvalue weighted by Gasteiger charge is 2.14. The van der Waals surface area contributed by atoms with Gasteiger partial charge in [-0.15, -0.1) is 0 Å². The number of aryl methyl sites for hydroxylation is 2. The molecule has 0 fully saturated rings. The highest BCUT2D eigenvalue weighted by Crippen LogP contribution is 2.23. The number of pyridine rings is 1. The Kier molecular flexibility index (Phi) is 5.15. The Morgan fingerprint density at radius 1 is 0.923 bits per heavy atom. The average Bonchev–Trinajstić information content (AvgIpc) is 2.60. The zero-order valence-corrected chi connectivity index (χ0v) is 15.9. The summed E-state index contributed by atoms with van der Waals surface area (Å²) in [6, 6.07) is 15.6. The molecule has 0 saturated carbocycles. The van der Waals surface area contributed by atoms with Crippen molar-refractivity contribution in [3.63, 3.8) is 0 Å². The normalized spacial score (nSPS) is 11.2. The lowest BCUT2D eigenvalue weighted by molar-refractivity contribution is 0.601. The van der Waals surface area contributed by atoms with Crippen molar-refractivity contribution in [2.45, 2.75) is 18.7 Å². The number of nitrogens with one attached hydrogen (secondary N) is 2. The molecule has 5 nitrogen and oxygen atoms in total. The summed E-state index contributed by atoms with van der Waals surface area (Å²) in [4.78, 5) is 4.35. The third-order valence-electron chi connectivity index (χ3n) is 3.79. The highest BCUT2D eigenvalue weighted by atomic mass is 35.5. The fourth-order valence-corrected chi connectivity index (χ4v) is 3.47. The van der Waals surface area contributed by atoms with Crippen LogP contribution >= 0.6 is 11.6 Å². The van der Waals surface area contributed by atoms with E-state index in [-0.39, 0.29) is 10.7 Å². The Labute approximate surface area is 158 Å². The first-order chi connectivity index (χ1) is 12.3. The quantitative estimate of drug-likeness (QED) is 0.653. The van der Waals surface area contributed by atoms with Gasteiger partial charge in [0.05, 0.1) is 16.8 Å². The molecule has 1 aromatic heterocycles. The lowest BCUT2D eigenvalue weighted by Gasteiger charge is -2.10. The van der Waals surface area contributed by atoms with Crippen LogP contribution in [0, 0.1) is 13.8 Å². The van der Waals surface area contributed by atoms with E-state index in [0.717, 1.165) is 22.5 Å². The number of aromatic nitrogens is 1. The number of halogens is 1. The SMILES string of the molecule is Cc1ccc(S(=O)(=O)Nc2ccc(Nc3ccc(C)c(Cl)c3)cn2)cc1. The molecule has 0 saturated heterocycles. The number of hydrogen-bond acceptors (Lipinski definition) is 4. The van der Waals surface area contributed by atoms with Crippen molar-refractivity contribution in [3.8, 4) is 0 Å². The summed E-state index contributed by atoms with van der Waals surface area (Å²) < 4.78 is 27.2. The summed E-state index contributed by atoms with van der Waals surface area (Å²) in [6.07, 6.45) is 1.56. The van der Waals surface area contributed by atoms with Crippen molar-refractivity contribution < 1.29 is 8.42 Å². The van der Waals surface area contributed by atoms with E-state index in [0.29, 0.717) is 5.02 Å². The largest absolute Gasteiger partial charge is 0.354 e. The van der Waals surface area contributed by atoms with E-state index < -0.39 is 10.0 Å². The smallest absolute Gasteiger partial charge is 0.263 e. The minimum atomic E-state index is -3.66. The first-order valence-corrected chi connectivity index (χ1v) is 9.78. The van der Waals surface area contributed by atoms with Crippen LogP contribution in [-0.4, -0.2) is 13.4 Å². The topological polar surface area (TPSA) is 71.1 Å². The van der Waals surface area contributed by atoms with Gasteiger partial charge in [0.2, 0.25) is 0 Å². The third kappa shape index (κ3) is 4.33. The predicted molar refractivity (Wildman–Crippen MR) is 106 cm³/mol. The Morgan fingerprint density at radius 3 is 2.23 bits per heavy atom. The van der Waals surface area contributed by atoms with Crippen molar-refractivity contribution in [1.29, 1.82) is 0 Å². The number of anilines is 3. The standard InChI is InChI=1S/C19H18ClN3O2S/c1-13-3-8-17(9-4-13)26(24,25)23-19-10-7-16(12-21-19)22-15-6-5-14(2)18(20)11-15/h3-12,22H,1-2H3,(H,21,23). The first-order valence-electron chi connectivity index (χ1n) is 7.92. The van der Waals surface area contributed by atoms with Crippen LogP contribution in [0.4, 0.5) is 17.2 Å². The van der Waals surface area contributed by atoms with Gasteiger partial charge in [0.1, 0.15) is 5.82 Å². The van der Waals surface area contributed by atoms with Gasteiger partial charge in [0, 0.05) is 10.7 Å². The molecule has 0 aliphatic carbocycles.